The van der Waals surface area contributed by atoms with Gasteiger partial charge in [-0.05, 0) is 78.9 Å². The molecule has 300 valence electrons. The third kappa shape index (κ3) is 6.70. The standard InChI is InChI=1S/C43H45F3N2O8Si/c1-41(2,3)57(6,7)56-42-29(35(48(4)5)37-33(39(42)52)40(47-55-37)54-23-25-16-12-9-13-17-25)19-26-18-28-32(36(50)31(26)38(42)51)30(53-22-24-14-10-8-11-15-24)20-27(21-49)34(28)43(44,45)46/h8-17,20-21,26,29,35,51H,18-19,22-23H2,1-7H3/t26-,29-,35-,42-/m0/s1. The maximum Gasteiger partial charge on any atom is 0.417 e. The Morgan fingerprint density at radius 2 is 1.56 bits per heavy atom. The monoisotopic (exact) mass is 802 g/mol. The lowest BCUT2D eigenvalue weighted by Gasteiger charge is -2.55. The zero-order valence-electron chi connectivity index (χ0n) is 32.8. The number of ether oxygens (including phenoxy) is 2. The minimum Gasteiger partial charge on any atom is -0.508 e. The highest BCUT2D eigenvalue weighted by molar-refractivity contribution is 6.74. The number of rotatable bonds is 10. The molecule has 14 heteroatoms. The van der Waals surface area contributed by atoms with Crippen LogP contribution < -0.4 is 9.47 Å². The van der Waals surface area contributed by atoms with Crippen LogP contribution in [0.15, 0.2) is 82.6 Å². The van der Waals surface area contributed by atoms with Gasteiger partial charge in [0.2, 0.25) is 5.78 Å². The second-order valence-electron chi connectivity index (χ2n) is 16.8. The van der Waals surface area contributed by atoms with E-state index in [0.717, 1.165) is 11.6 Å². The van der Waals surface area contributed by atoms with E-state index in [1.807, 2.05) is 64.2 Å². The van der Waals surface area contributed by atoms with Crippen LogP contribution in [0.25, 0.3) is 0 Å². The topological polar surface area (TPSA) is 128 Å². The van der Waals surface area contributed by atoms with Gasteiger partial charge in [-0.2, -0.15) is 13.2 Å². The van der Waals surface area contributed by atoms with Crippen molar-refractivity contribution in [3.05, 3.63) is 123 Å². The van der Waals surface area contributed by atoms with Gasteiger partial charge in [0.15, 0.2) is 31.7 Å². The molecule has 0 fully saturated rings. The summed E-state index contributed by atoms with van der Waals surface area (Å²) in [5.41, 5.74) is -3.72. The third-order valence-electron chi connectivity index (χ3n) is 12.0. The molecule has 1 aromatic heterocycles. The summed E-state index contributed by atoms with van der Waals surface area (Å²) in [6.07, 6.45) is -5.34. The fourth-order valence-electron chi connectivity index (χ4n) is 8.32. The predicted molar refractivity (Wildman–Crippen MR) is 206 cm³/mol. The lowest BCUT2D eigenvalue weighted by atomic mass is 9.58. The molecule has 10 nitrogen and oxygen atoms in total. The van der Waals surface area contributed by atoms with E-state index in [9.17, 15) is 23.1 Å². The Labute approximate surface area is 329 Å². The quantitative estimate of drug-likeness (QED) is 0.123. The summed E-state index contributed by atoms with van der Waals surface area (Å²) in [6, 6.07) is 18.2. The average Bonchev–Trinajstić information content (AvgIpc) is 3.56. The van der Waals surface area contributed by atoms with Crippen molar-refractivity contribution >= 4 is 26.2 Å². The lowest BCUT2D eigenvalue weighted by molar-refractivity contribution is -0.138. The number of Topliss-reactive ketones (excluding diaryl/α,β-unsaturated/α-hetero) is 2. The molecule has 0 spiro atoms. The van der Waals surface area contributed by atoms with Gasteiger partial charge in [0.05, 0.1) is 17.2 Å². The Hall–Kier alpha value is -5.05. The summed E-state index contributed by atoms with van der Waals surface area (Å²) in [4.78, 5) is 44.5. The van der Waals surface area contributed by atoms with Crippen LogP contribution in [0.3, 0.4) is 0 Å². The number of ketones is 2. The van der Waals surface area contributed by atoms with E-state index in [4.69, 9.17) is 18.4 Å². The van der Waals surface area contributed by atoms with E-state index in [-0.39, 0.29) is 60.9 Å². The number of allylic oxidation sites excluding steroid dienone is 1. The van der Waals surface area contributed by atoms with Crippen LogP contribution in [0.4, 0.5) is 13.2 Å². The van der Waals surface area contributed by atoms with Gasteiger partial charge in [0.25, 0.3) is 5.88 Å². The van der Waals surface area contributed by atoms with Crippen molar-refractivity contribution in [2.75, 3.05) is 14.1 Å². The summed E-state index contributed by atoms with van der Waals surface area (Å²) < 4.78 is 70.0. The van der Waals surface area contributed by atoms with Crippen LogP contribution in [0, 0.1) is 11.8 Å². The molecule has 1 N–H and O–H groups in total. The summed E-state index contributed by atoms with van der Waals surface area (Å²) in [6.45, 7) is 9.67. The zero-order valence-corrected chi connectivity index (χ0v) is 33.8. The molecule has 1 heterocycles. The number of nitrogens with zero attached hydrogens (tertiary/aromatic N) is 2. The Morgan fingerprint density at radius 1 is 0.965 bits per heavy atom. The smallest absolute Gasteiger partial charge is 0.417 e. The van der Waals surface area contributed by atoms with Gasteiger partial charge in [-0.25, -0.2) is 0 Å². The molecular weight excluding hydrogens is 758 g/mol. The van der Waals surface area contributed by atoms with E-state index >= 15 is 9.59 Å². The second-order valence-corrected chi connectivity index (χ2v) is 21.5. The second kappa shape index (κ2) is 14.4. The largest absolute Gasteiger partial charge is 0.508 e. The highest BCUT2D eigenvalue weighted by Crippen LogP contribution is 2.60. The van der Waals surface area contributed by atoms with Crippen LogP contribution in [0.5, 0.6) is 11.6 Å². The van der Waals surface area contributed by atoms with Gasteiger partial charge in [-0.1, -0.05) is 81.4 Å². The number of aliphatic hydroxyl groups excluding tert-OH is 1. The van der Waals surface area contributed by atoms with Crippen LogP contribution in [-0.2, 0) is 30.2 Å². The van der Waals surface area contributed by atoms with Gasteiger partial charge in [-0.3, -0.25) is 19.3 Å². The number of carbonyl (C=O) groups is 3. The number of halogens is 3. The van der Waals surface area contributed by atoms with Crippen molar-refractivity contribution in [1.29, 1.82) is 0 Å². The maximum atomic E-state index is 15.5. The minimum atomic E-state index is -5.01. The number of benzene rings is 3. The fourth-order valence-corrected chi connectivity index (χ4v) is 9.77. The molecule has 3 aliphatic rings. The number of aldehydes is 1. The maximum absolute atomic E-state index is 15.5. The molecular formula is C43H45F3N2O8Si. The molecule has 57 heavy (non-hydrogen) atoms. The number of carbonyl (C=O) groups excluding carboxylic acids is 3. The van der Waals surface area contributed by atoms with Crippen molar-refractivity contribution in [1.82, 2.24) is 10.1 Å². The lowest BCUT2D eigenvalue weighted by Crippen LogP contribution is -2.65. The first-order valence-corrected chi connectivity index (χ1v) is 21.7. The van der Waals surface area contributed by atoms with Crippen LogP contribution >= 0.6 is 0 Å². The highest BCUT2D eigenvalue weighted by atomic mass is 28.4. The summed E-state index contributed by atoms with van der Waals surface area (Å²) >= 11 is 0. The number of fused-ring (bicyclic) bond motifs is 4. The van der Waals surface area contributed by atoms with E-state index in [1.54, 1.807) is 49.3 Å². The number of alkyl halides is 3. The average molecular weight is 803 g/mol. The summed E-state index contributed by atoms with van der Waals surface area (Å²) in [5, 5.41) is 16.5. The number of aliphatic hydroxyl groups is 1. The molecule has 3 aromatic carbocycles. The van der Waals surface area contributed by atoms with Crippen molar-refractivity contribution in [2.24, 2.45) is 11.8 Å². The molecule has 0 radical (unpaired) electrons. The van der Waals surface area contributed by atoms with Gasteiger partial charge in [-0.15, -0.1) is 0 Å². The van der Waals surface area contributed by atoms with Crippen LogP contribution in [-0.4, -0.2) is 61.0 Å². The molecule has 0 bridgehead atoms. The molecule has 3 aliphatic carbocycles. The fraction of sp³-hybridized carbons (Fsp3) is 0.395. The highest BCUT2D eigenvalue weighted by Gasteiger charge is 2.67. The van der Waals surface area contributed by atoms with E-state index in [2.05, 4.69) is 5.16 Å². The Balaban J connectivity index is 1.46. The Bertz CT molecular complexity index is 2260. The van der Waals surface area contributed by atoms with Crippen LogP contribution in [0.1, 0.15) is 92.3 Å². The molecule has 0 saturated heterocycles. The van der Waals surface area contributed by atoms with Crippen molar-refractivity contribution in [3.8, 4) is 11.6 Å². The van der Waals surface area contributed by atoms with Gasteiger partial charge in [0.1, 0.15) is 30.3 Å². The normalized spacial score (nSPS) is 22.1. The molecule has 0 aliphatic heterocycles. The van der Waals surface area contributed by atoms with Crippen molar-refractivity contribution in [2.45, 2.75) is 82.8 Å². The minimum absolute atomic E-state index is 0.0414. The molecule has 0 unspecified atom stereocenters. The zero-order chi connectivity index (χ0) is 41.2. The van der Waals surface area contributed by atoms with E-state index in [1.165, 1.54) is 0 Å². The van der Waals surface area contributed by atoms with Crippen LogP contribution in [0.2, 0.25) is 18.1 Å². The molecule has 0 saturated carbocycles. The Morgan fingerprint density at radius 3 is 2.11 bits per heavy atom. The first-order chi connectivity index (χ1) is 26.8. The van der Waals surface area contributed by atoms with Gasteiger partial charge < -0.3 is 23.5 Å². The Kier molecular flexibility index (Phi) is 10.1. The van der Waals surface area contributed by atoms with E-state index in [0.29, 0.717) is 5.56 Å². The third-order valence-corrected chi connectivity index (χ3v) is 16.4. The SMILES string of the molecule is CN(C)[C@@H]1c2onc(OCc3ccccc3)c2C(=O)[C@@]2(O[Si](C)(C)C(C)(C)C)C(O)=C3C(=O)c4c(OCc5ccccc5)cc(C=O)c(C(F)(F)F)c4C[C@H]3C[C@@H]12. The molecule has 0 amide bonds. The summed E-state index contributed by atoms with van der Waals surface area (Å²) in [7, 11) is 0.447. The first kappa shape index (κ1) is 40.2. The first-order valence-electron chi connectivity index (χ1n) is 18.8. The van der Waals surface area contributed by atoms with Crippen molar-refractivity contribution in [3.63, 3.8) is 0 Å². The molecule has 7 rings (SSSR count). The molecule has 4 aromatic rings. The predicted octanol–water partition coefficient (Wildman–Crippen LogP) is 9.11. The van der Waals surface area contributed by atoms with Gasteiger partial charge >= 0.3 is 6.18 Å². The number of aromatic nitrogens is 1. The number of hydrogen-bond donors (Lipinski definition) is 1. The number of hydrogen-bond acceptors (Lipinski definition) is 10. The van der Waals surface area contributed by atoms with Crippen molar-refractivity contribution < 1.29 is 51.1 Å². The summed E-state index contributed by atoms with van der Waals surface area (Å²) in [5.74, 6) is -4.49. The molecule has 4 atom stereocenters. The van der Waals surface area contributed by atoms with Gasteiger partial charge in [0, 0.05) is 17.1 Å². The van der Waals surface area contributed by atoms with E-state index < -0.39 is 82.6 Å².